The lowest BCUT2D eigenvalue weighted by Crippen LogP contribution is -2.01. The number of halogens is 5. The largest absolute Gasteiger partial charge is 0.303 e. The molecule has 0 N–H and O–H groups in total. The molecule has 6 heteroatoms. The average molecular weight is 301 g/mol. The van der Waals surface area contributed by atoms with Crippen LogP contribution in [0.15, 0.2) is 4.47 Å². The van der Waals surface area contributed by atoms with Crippen molar-refractivity contribution in [2.75, 3.05) is 0 Å². The van der Waals surface area contributed by atoms with Crippen LogP contribution < -0.4 is 0 Å². The average Bonchev–Trinajstić information content (AvgIpc) is 2.24. The molecule has 0 aliphatic rings. The van der Waals surface area contributed by atoms with E-state index in [1.165, 1.54) is 0 Å². The van der Waals surface area contributed by atoms with Gasteiger partial charge < -0.3 is 4.79 Å². The molecule has 1 aromatic carbocycles. The lowest BCUT2D eigenvalue weighted by atomic mass is 10.1. The topological polar surface area (TPSA) is 17.1 Å². The SMILES string of the molecule is O=CCCc1c(F)c(F)c(Cl)c(F)c1Br. The van der Waals surface area contributed by atoms with Crippen molar-refractivity contribution in [2.45, 2.75) is 12.8 Å². The standard InChI is InChI=1S/C9H5BrClF3O/c10-5-4(2-1-3-15)7(12)9(14)6(11)8(5)13/h3H,1-2H2. The van der Waals surface area contributed by atoms with Crippen LogP contribution in [0.25, 0.3) is 0 Å². The third-order valence-electron chi connectivity index (χ3n) is 1.81. The van der Waals surface area contributed by atoms with Crippen LogP contribution >= 0.6 is 27.5 Å². The maximum Gasteiger partial charge on any atom is 0.180 e. The Morgan fingerprint density at radius 2 is 1.80 bits per heavy atom. The summed E-state index contributed by atoms with van der Waals surface area (Å²) < 4.78 is 39.2. The van der Waals surface area contributed by atoms with Crippen LogP contribution in [0.3, 0.4) is 0 Å². The van der Waals surface area contributed by atoms with Crippen molar-refractivity contribution in [2.24, 2.45) is 0 Å². The van der Waals surface area contributed by atoms with Crippen molar-refractivity contribution in [1.82, 2.24) is 0 Å². The Bertz CT molecular complexity index is 380. The Labute approximate surface area is 97.4 Å². The van der Waals surface area contributed by atoms with Crippen molar-refractivity contribution < 1.29 is 18.0 Å². The van der Waals surface area contributed by atoms with Gasteiger partial charge in [0.2, 0.25) is 0 Å². The number of hydrogen-bond acceptors (Lipinski definition) is 1. The first-order valence-electron chi connectivity index (χ1n) is 3.94. The lowest BCUT2D eigenvalue weighted by molar-refractivity contribution is -0.107. The van der Waals surface area contributed by atoms with Gasteiger partial charge in [-0.1, -0.05) is 11.6 Å². The second-order valence-corrected chi connectivity index (χ2v) is 3.92. The molecule has 0 aliphatic heterocycles. The maximum atomic E-state index is 13.3. The molecule has 1 nitrogen and oxygen atoms in total. The van der Waals surface area contributed by atoms with Crippen molar-refractivity contribution >= 4 is 33.8 Å². The second-order valence-electron chi connectivity index (χ2n) is 2.75. The van der Waals surface area contributed by atoms with Crippen molar-refractivity contribution in [3.05, 3.63) is 32.5 Å². The van der Waals surface area contributed by atoms with Crippen molar-refractivity contribution in [3.8, 4) is 0 Å². The Kier molecular flexibility index (Phi) is 4.16. The molecule has 82 valence electrons. The Balaban J connectivity index is 3.31. The number of carbonyl (C=O) groups is 1. The van der Waals surface area contributed by atoms with E-state index in [2.05, 4.69) is 15.9 Å². The summed E-state index contributed by atoms with van der Waals surface area (Å²) in [6, 6.07) is 0. The molecule has 0 atom stereocenters. The van der Waals surface area contributed by atoms with Gasteiger partial charge in [0.25, 0.3) is 0 Å². The van der Waals surface area contributed by atoms with E-state index in [4.69, 9.17) is 11.6 Å². The first-order chi connectivity index (χ1) is 7.00. The van der Waals surface area contributed by atoms with E-state index in [-0.39, 0.29) is 22.9 Å². The number of hydrogen-bond donors (Lipinski definition) is 0. The lowest BCUT2D eigenvalue weighted by Gasteiger charge is -2.08. The van der Waals surface area contributed by atoms with Gasteiger partial charge >= 0.3 is 0 Å². The summed E-state index contributed by atoms with van der Waals surface area (Å²) in [6.07, 6.45) is 0.438. The highest BCUT2D eigenvalue weighted by molar-refractivity contribution is 9.10. The van der Waals surface area contributed by atoms with Gasteiger partial charge in [-0.3, -0.25) is 0 Å². The van der Waals surface area contributed by atoms with E-state index < -0.39 is 22.5 Å². The molecule has 0 bridgehead atoms. The van der Waals surface area contributed by atoms with Gasteiger partial charge in [0.05, 0.1) is 4.47 Å². The van der Waals surface area contributed by atoms with Crippen LogP contribution in [0.2, 0.25) is 5.02 Å². The third kappa shape index (κ3) is 2.34. The fourth-order valence-corrected chi connectivity index (χ4v) is 1.94. The molecule has 0 spiro atoms. The zero-order chi connectivity index (χ0) is 11.6. The minimum atomic E-state index is -1.43. The fourth-order valence-electron chi connectivity index (χ4n) is 1.07. The molecule has 0 heterocycles. The predicted octanol–water partition coefficient (Wildman–Crippen LogP) is 3.65. The van der Waals surface area contributed by atoms with Gasteiger partial charge in [-0.2, -0.15) is 0 Å². The van der Waals surface area contributed by atoms with Crippen LogP contribution in [0.4, 0.5) is 13.2 Å². The van der Waals surface area contributed by atoms with Crippen molar-refractivity contribution in [3.63, 3.8) is 0 Å². The Hall–Kier alpha value is -0.550. The molecular formula is C9H5BrClF3O. The summed E-state index contributed by atoms with van der Waals surface area (Å²) in [6.45, 7) is 0. The summed E-state index contributed by atoms with van der Waals surface area (Å²) in [4.78, 5) is 10.1. The molecular weight excluding hydrogens is 296 g/mol. The summed E-state index contributed by atoms with van der Waals surface area (Å²) in [5.41, 5.74) is -0.221. The molecule has 0 aliphatic carbocycles. The predicted molar refractivity (Wildman–Crippen MR) is 53.4 cm³/mol. The molecule has 1 rings (SSSR count). The summed E-state index contributed by atoms with van der Waals surface area (Å²) >= 11 is 7.97. The second kappa shape index (κ2) is 4.99. The molecule has 0 radical (unpaired) electrons. The zero-order valence-electron chi connectivity index (χ0n) is 7.29. The van der Waals surface area contributed by atoms with Crippen LogP contribution in [0, 0.1) is 17.5 Å². The minimum Gasteiger partial charge on any atom is -0.303 e. The smallest absolute Gasteiger partial charge is 0.180 e. The van der Waals surface area contributed by atoms with E-state index in [9.17, 15) is 18.0 Å². The summed E-state index contributed by atoms with van der Waals surface area (Å²) in [5.74, 6) is -3.72. The Morgan fingerprint density at radius 1 is 1.20 bits per heavy atom. The monoisotopic (exact) mass is 300 g/mol. The maximum absolute atomic E-state index is 13.3. The quantitative estimate of drug-likeness (QED) is 0.473. The van der Waals surface area contributed by atoms with Crippen molar-refractivity contribution in [1.29, 1.82) is 0 Å². The third-order valence-corrected chi connectivity index (χ3v) is 2.97. The van der Waals surface area contributed by atoms with Crippen LogP contribution in [-0.4, -0.2) is 6.29 Å². The Morgan fingerprint density at radius 3 is 2.33 bits per heavy atom. The molecule has 0 saturated heterocycles. The number of aldehydes is 1. The van der Waals surface area contributed by atoms with E-state index in [1.807, 2.05) is 0 Å². The number of benzene rings is 1. The van der Waals surface area contributed by atoms with E-state index >= 15 is 0 Å². The normalized spacial score (nSPS) is 10.5. The molecule has 0 fully saturated rings. The van der Waals surface area contributed by atoms with Gasteiger partial charge in [0.15, 0.2) is 17.5 Å². The van der Waals surface area contributed by atoms with Gasteiger partial charge in [0, 0.05) is 12.0 Å². The summed E-state index contributed by atoms with van der Waals surface area (Å²) in [7, 11) is 0. The highest BCUT2D eigenvalue weighted by Gasteiger charge is 2.21. The fraction of sp³-hybridized carbons (Fsp3) is 0.222. The number of rotatable bonds is 3. The first kappa shape index (κ1) is 12.5. The summed E-state index contributed by atoms with van der Waals surface area (Å²) in [5, 5.41) is -0.894. The minimum absolute atomic E-state index is 0.0178. The highest BCUT2D eigenvalue weighted by atomic mass is 79.9. The van der Waals surface area contributed by atoms with Crippen LogP contribution in [0.5, 0.6) is 0 Å². The van der Waals surface area contributed by atoms with E-state index in [1.54, 1.807) is 0 Å². The molecule has 0 saturated carbocycles. The molecule has 0 unspecified atom stereocenters. The highest BCUT2D eigenvalue weighted by Crippen LogP contribution is 2.32. The van der Waals surface area contributed by atoms with Gasteiger partial charge in [-0.05, 0) is 22.4 Å². The molecule has 0 amide bonds. The van der Waals surface area contributed by atoms with Gasteiger partial charge in [0.1, 0.15) is 11.3 Å². The zero-order valence-corrected chi connectivity index (χ0v) is 9.63. The molecule has 1 aromatic rings. The number of carbonyl (C=O) groups excluding carboxylic acids is 1. The molecule has 15 heavy (non-hydrogen) atoms. The van der Waals surface area contributed by atoms with Gasteiger partial charge in [-0.15, -0.1) is 0 Å². The van der Waals surface area contributed by atoms with E-state index in [0.29, 0.717) is 6.29 Å². The van der Waals surface area contributed by atoms with Gasteiger partial charge in [-0.25, -0.2) is 13.2 Å². The van der Waals surface area contributed by atoms with Crippen LogP contribution in [0.1, 0.15) is 12.0 Å². The van der Waals surface area contributed by atoms with E-state index in [0.717, 1.165) is 0 Å². The molecule has 0 aromatic heterocycles. The first-order valence-corrected chi connectivity index (χ1v) is 5.11. The van der Waals surface area contributed by atoms with Crippen LogP contribution in [-0.2, 0) is 11.2 Å².